The van der Waals surface area contributed by atoms with E-state index in [1.54, 1.807) is 11.8 Å². The SMILES string of the molecule is CSC1=Nc2c(cc(-c3cc(C(=N)OC(=N)CC(C)C)ccc3C)c(=O)n2C2CCCC2)CN1C. The molecule has 1 aliphatic heterocycles. The van der Waals surface area contributed by atoms with Gasteiger partial charge in [-0.15, -0.1) is 0 Å². The lowest BCUT2D eigenvalue weighted by Gasteiger charge is -2.29. The second-order valence-electron chi connectivity index (χ2n) is 9.96. The van der Waals surface area contributed by atoms with Crippen molar-refractivity contribution in [2.24, 2.45) is 10.9 Å². The molecular weight excluding hydrogens is 458 g/mol. The van der Waals surface area contributed by atoms with Gasteiger partial charge in [-0.2, -0.15) is 0 Å². The van der Waals surface area contributed by atoms with E-state index in [-0.39, 0.29) is 29.3 Å². The number of pyridine rings is 1. The summed E-state index contributed by atoms with van der Waals surface area (Å²) in [6.45, 7) is 6.71. The summed E-state index contributed by atoms with van der Waals surface area (Å²) >= 11 is 1.60. The van der Waals surface area contributed by atoms with Gasteiger partial charge < -0.3 is 9.64 Å². The lowest BCUT2D eigenvalue weighted by molar-refractivity contribution is 0.472. The fourth-order valence-electron chi connectivity index (χ4n) is 4.97. The maximum Gasteiger partial charge on any atom is 0.260 e. The first-order valence-electron chi connectivity index (χ1n) is 12.3. The summed E-state index contributed by atoms with van der Waals surface area (Å²) in [5.41, 5.74) is 3.98. The summed E-state index contributed by atoms with van der Waals surface area (Å²) in [6.07, 6.45) is 6.72. The number of amidine groups is 1. The molecule has 2 heterocycles. The van der Waals surface area contributed by atoms with Gasteiger partial charge in [-0.1, -0.05) is 44.5 Å². The summed E-state index contributed by atoms with van der Waals surface area (Å²) < 4.78 is 7.44. The van der Waals surface area contributed by atoms with Gasteiger partial charge in [0.15, 0.2) is 11.1 Å². The van der Waals surface area contributed by atoms with Gasteiger partial charge in [0.2, 0.25) is 5.90 Å². The van der Waals surface area contributed by atoms with E-state index in [0.717, 1.165) is 53.4 Å². The Hall–Kier alpha value is -2.87. The molecule has 1 aliphatic carbocycles. The van der Waals surface area contributed by atoms with Gasteiger partial charge in [0.25, 0.3) is 5.56 Å². The van der Waals surface area contributed by atoms with Crippen LogP contribution in [0.15, 0.2) is 34.1 Å². The van der Waals surface area contributed by atoms with Gasteiger partial charge in [-0.3, -0.25) is 20.2 Å². The predicted molar refractivity (Wildman–Crippen MR) is 146 cm³/mol. The highest BCUT2D eigenvalue weighted by Gasteiger charge is 2.28. The van der Waals surface area contributed by atoms with E-state index in [1.807, 2.05) is 62.9 Å². The van der Waals surface area contributed by atoms with E-state index in [9.17, 15) is 4.79 Å². The van der Waals surface area contributed by atoms with Crippen molar-refractivity contribution in [3.05, 3.63) is 51.3 Å². The minimum atomic E-state index is -0.0695. The van der Waals surface area contributed by atoms with Crippen molar-refractivity contribution in [3.8, 4) is 11.1 Å². The van der Waals surface area contributed by atoms with Gasteiger partial charge >= 0.3 is 0 Å². The molecule has 35 heavy (non-hydrogen) atoms. The monoisotopic (exact) mass is 493 g/mol. The highest BCUT2D eigenvalue weighted by Crippen LogP contribution is 2.37. The summed E-state index contributed by atoms with van der Waals surface area (Å²) in [5.74, 6) is 1.08. The fourth-order valence-corrected chi connectivity index (χ4v) is 5.52. The molecule has 1 fully saturated rings. The second-order valence-corrected chi connectivity index (χ2v) is 10.7. The van der Waals surface area contributed by atoms with Crippen molar-refractivity contribution in [1.82, 2.24) is 9.47 Å². The van der Waals surface area contributed by atoms with Crippen molar-refractivity contribution in [3.63, 3.8) is 0 Å². The van der Waals surface area contributed by atoms with E-state index in [1.165, 1.54) is 0 Å². The van der Waals surface area contributed by atoms with Crippen LogP contribution in [0.25, 0.3) is 11.1 Å². The number of aromatic nitrogens is 1. The molecule has 4 rings (SSSR count). The van der Waals surface area contributed by atoms with Gasteiger partial charge in [-0.05, 0) is 61.3 Å². The number of fused-ring (bicyclic) bond motifs is 1. The van der Waals surface area contributed by atoms with E-state index in [0.29, 0.717) is 24.1 Å². The molecule has 2 aromatic rings. The Kier molecular flexibility index (Phi) is 7.50. The van der Waals surface area contributed by atoms with Crippen LogP contribution in [0.1, 0.15) is 68.7 Å². The highest BCUT2D eigenvalue weighted by molar-refractivity contribution is 8.13. The Labute approximate surface area is 211 Å². The zero-order valence-electron chi connectivity index (χ0n) is 21.3. The van der Waals surface area contributed by atoms with Crippen LogP contribution in [0.3, 0.4) is 0 Å². The number of thioether (sulfide) groups is 1. The molecule has 1 aromatic heterocycles. The number of nitrogens with zero attached hydrogens (tertiary/aromatic N) is 3. The molecule has 1 saturated carbocycles. The number of benzene rings is 1. The first-order valence-corrected chi connectivity index (χ1v) is 13.5. The lowest BCUT2D eigenvalue weighted by atomic mass is 9.96. The normalized spacial score (nSPS) is 15.8. The largest absolute Gasteiger partial charge is 0.425 e. The molecule has 7 nitrogen and oxygen atoms in total. The van der Waals surface area contributed by atoms with E-state index in [2.05, 4.69) is 4.90 Å². The smallest absolute Gasteiger partial charge is 0.260 e. The third-order valence-electron chi connectivity index (χ3n) is 6.70. The van der Waals surface area contributed by atoms with Gasteiger partial charge in [-0.25, -0.2) is 4.99 Å². The van der Waals surface area contributed by atoms with E-state index in [4.69, 9.17) is 20.5 Å². The maximum absolute atomic E-state index is 14.0. The first kappa shape index (κ1) is 25.2. The van der Waals surface area contributed by atoms with Crippen molar-refractivity contribution >= 4 is 34.5 Å². The Morgan fingerprint density at radius 3 is 2.57 bits per heavy atom. The second kappa shape index (κ2) is 10.4. The minimum absolute atomic E-state index is 0.0235. The molecule has 0 bridgehead atoms. The molecule has 2 aliphatic rings. The molecule has 0 unspecified atom stereocenters. The molecule has 0 amide bonds. The third-order valence-corrected chi connectivity index (χ3v) is 7.47. The molecule has 8 heteroatoms. The Balaban J connectivity index is 1.81. The molecule has 2 N–H and O–H groups in total. The number of aliphatic imine (C=N–C) groups is 1. The van der Waals surface area contributed by atoms with Crippen LogP contribution in [-0.4, -0.2) is 39.7 Å². The number of hydrogen-bond donors (Lipinski definition) is 2. The first-order chi connectivity index (χ1) is 16.7. The maximum atomic E-state index is 14.0. The topological polar surface area (TPSA) is 94.5 Å². The van der Waals surface area contributed by atoms with Crippen molar-refractivity contribution < 1.29 is 4.74 Å². The summed E-state index contributed by atoms with van der Waals surface area (Å²) in [7, 11) is 2.03. The molecule has 0 radical (unpaired) electrons. The van der Waals surface area contributed by atoms with Gasteiger partial charge in [0.1, 0.15) is 5.82 Å². The molecule has 0 spiro atoms. The lowest BCUT2D eigenvalue weighted by Crippen LogP contribution is -2.32. The zero-order valence-corrected chi connectivity index (χ0v) is 22.1. The fraction of sp³-hybridized carbons (Fsp3) is 0.481. The molecular formula is C27H35N5O2S. The summed E-state index contributed by atoms with van der Waals surface area (Å²) in [4.78, 5) is 21.0. The zero-order chi connectivity index (χ0) is 25.3. The van der Waals surface area contributed by atoms with Crippen LogP contribution in [0.2, 0.25) is 0 Å². The van der Waals surface area contributed by atoms with E-state index < -0.39 is 0 Å². The average Bonchev–Trinajstić information content (AvgIpc) is 3.32. The molecule has 0 saturated heterocycles. The van der Waals surface area contributed by atoms with Crippen LogP contribution in [0.5, 0.6) is 0 Å². The van der Waals surface area contributed by atoms with Crippen molar-refractivity contribution in [2.45, 2.75) is 65.5 Å². The number of nitrogens with one attached hydrogen (secondary N) is 2. The molecule has 186 valence electrons. The molecule has 1 aromatic carbocycles. The van der Waals surface area contributed by atoms with Crippen LogP contribution < -0.4 is 5.56 Å². The number of aryl methyl sites for hydroxylation is 1. The number of ether oxygens (including phenoxy) is 1. The van der Waals surface area contributed by atoms with Crippen LogP contribution >= 0.6 is 11.8 Å². The quantitative estimate of drug-likeness (QED) is 0.389. The van der Waals surface area contributed by atoms with Gasteiger partial charge in [0, 0.05) is 42.7 Å². The minimum Gasteiger partial charge on any atom is -0.425 e. The summed E-state index contributed by atoms with van der Waals surface area (Å²) in [5, 5.41) is 17.4. The number of hydrogen-bond acceptors (Lipinski definition) is 7. The Morgan fingerprint density at radius 2 is 1.91 bits per heavy atom. The van der Waals surface area contributed by atoms with Gasteiger partial charge in [0.05, 0.1) is 0 Å². The Morgan fingerprint density at radius 1 is 1.20 bits per heavy atom. The highest BCUT2D eigenvalue weighted by atomic mass is 32.2. The van der Waals surface area contributed by atoms with Crippen LogP contribution in [-0.2, 0) is 11.3 Å². The molecule has 0 atom stereocenters. The van der Waals surface area contributed by atoms with Crippen molar-refractivity contribution in [1.29, 1.82) is 10.8 Å². The predicted octanol–water partition coefficient (Wildman–Crippen LogP) is 6.10. The standard InChI is InChI=1S/C27H35N5O2S/c1-16(2)12-23(28)34-24(29)18-11-10-17(3)21(13-18)22-14-19-15-31(4)27(35-5)30-25(19)32(26(22)33)20-8-6-7-9-20/h10-11,13-14,16,20,28-29H,6-9,12,15H2,1-5H3. The van der Waals surface area contributed by atoms with Crippen LogP contribution in [0.4, 0.5) is 5.82 Å². The van der Waals surface area contributed by atoms with Crippen molar-refractivity contribution in [2.75, 3.05) is 13.3 Å². The Bertz CT molecular complexity index is 1240. The summed E-state index contributed by atoms with van der Waals surface area (Å²) in [6, 6.07) is 7.74. The van der Waals surface area contributed by atoms with E-state index >= 15 is 0 Å². The van der Waals surface area contributed by atoms with Crippen LogP contribution in [0, 0.1) is 23.7 Å². The third kappa shape index (κ3) is 5.22. The average molecular weight is 494 g/mol. The number of rotatable bonds is 5.